The third kappa shape index (κ3) is 3.88. The molecular weight excluding hydrogens is 332 g/mol. The Balaban J connectivity index is 0.00000182. The Bertz CT molecular complexity index is 618. The van der Waals surface area contributed by atoms with Crippen molar-refractivity contribution in [2.75, 3.05) is 11.4 Å². The predicted octanol–water partition coefficient (Wildman–Crippen LogP) is 4.43. The number of piperidine rings is 1. The zero-order chi connectivity index (χ0) is 16.7. The van der Waals surface area contributed by atoms with Crippen molar-refractivity contribution >= 4 is 24.0 Å². The van der Waals surface area contributed by atoms with Gasteiger partial charge in [0.15, 0.2) is 0 Å². The van der Waals surface area contributed by atoms with Gasteiger partial charge in [-0.05, 0) is 67.6 Å². The molecule has 1 amide bonds. The van der Waals surface area contributed by atoms with Crippen LogP contribution in [0.25, 0.3) is 0 Å². The highest BCUT2D eigenvalue weighted by Crippen LogP contribution is 2.35. The van der Waals surface area contributed by atoms with Gasteiger partial charge in [0.1, 0.15) is 0 Å². The number of fused-ring (bicyclic) bond motifs is 3. The second kappa shape index (κ2) is 7.67. The van der Waals surface area contributed by atoms with Gasteiger partial charge in [0.25, 0.3) is 0 Å². The fourth-order valence-corrected chi connectivity index (χ4v) is 4.93. The van der Waals surface area contributed by atoms with E-state index in [0.29, 0.717) is 29.8 Å². The van der Waals surface area contributed by atoms with Crippen LogP contribution in [0.2, 0.25) is 0 Å². The molecule has 3 heterocycles. The van der Waals surface area contributed by atoms with Crippen LogP contribution in [0.15, 0.2) is 18.2 Å². The number of carbonyl (C=O) groups is 1. The van der Waals surface area contributed by atoms with E-state index in [0.717, 1.165) is 25.8 Å². The molecular formula is C21H31ClN2O. The normalized spacial score (nSPS) is 27.8. The highest BCUT2D eigenvalue weighted by Gasteiger charge is 2.35. The van der Waals surface area contributed by atoms with Crippen molar-refractivity contribution in [1.82, 2.24) is 5.32 Å². The van der Waals surface area contributed by atoms with E-state index in [1.165, 1.54) is 42.5 Å². The Labute approximate surface area is 158 Å². The molecule has 1 aromatic rings. The topological polar surface area (TPSA) is 32.3 Å². The summed E-state index contributed by atoms with van der Waals surface area (Å²) in [5, 5.41) is 3.68. The second-order valence-electron chi connectivity index (χ2n) is 8.37. The lowest BCUT2D eigenvalue weighted by Crippen LogP contribution is -2.41. The van der Waals surface area contributed by atoms with Crippen LogP contribution in [-0.4, -0.2) is 24.5 Å². The summed E-state index contributed by atoms with van der Waals surface area (Å²) in [6.45, 7) is 5.36. The van der Waals surface area contributed by atoms with Crippen molar-refractivity contribution in [3.8, 4) is 0 Å². The lowest BCUT2D eigenvalue weighted by Gasteiger charge is -2.33. The van der Waals surface area contributed by atoms with Gasteiger partial charge in [0.2, 0.25) is 5.91 Å². The molecule has 0 radical (unpaired) electrons. The van der Waals surface area contributed by atoms with Crippen molar-refractivity contribution in [2.24, 2.45) is 5.92 Å². The summed E-state index contributed by atoms with van der Waals surface area (Å²) < 4.78 is 0. The number of anilines is 1. The van der Waals surface area contributed by atoms with Gasteiger partial charge in [0, 0.05) is 30.7 Å². The van der Waals surface area contributed by atoms with Gasteiger partial charge in [-0.15, -0.1) is 12.4 Å². The van der Waals surface area contributed by atoms with E-state index in [2.05, 4.69) is 42.3 Å². The standard InChI is InChI=1S/C21H30N2O.ClH/c1-14(2)16-5-8-20-17(13-16)4-3-9-23(20)21(24)12-15-10-18-6-7-19(11-15)22-18;/h5,8,13-15,18-19,22H,3-4,6-7,9-12H2,1-2H3;1H. The van der Waals surface area contributed by atoms with Crippen LogP contribution in [0.5, 0.6) is 0 Å². The number of nitrogens with zero attached hydrogens (tertiary/aromatic N) is 1. The molecule has 2 atom stereocenters. The molecule has 25 heavy (non-hydrogen) atoms. The van der Waals surface area contributed by atoms with E-state index in [1.807, 2.05) is 0 Å². The van der Waals surface area contributed by atoms with Gasteiger partial charge in [-0.2, -0.15) is 0 Å². The SMILES string of the molecule is CC(C)c1ccc2c(c1)CCCN2C(=O)CC1CC2CCC(C1)N2.Cl. The second-order valence-corrected chi connectivity index (χ2v) is 8.37. The van der Waals surface area contributed by atoms with Crippen molar-refractivity contribution in [3.05, 3.63) is 29.3 Å². The van der Waals surface area contributed by atoms with Crippen molar-refractivity contribution in [3.63, 3.8) is 0 Å². The minimum Gasteiger partial charge on any atom is -0.312 e. The molecule has 0 spiro atoms. The Morgan fingerprint density at radius 2 is 1.96 bits per heavy atom. The number of amides is 1. The van der Waals surface area contributed by atoms with Gasteiger partial charge in [-0.25, -0.2) is 0 Å². The first-order chi connectivity index (χ1) is 11.6. The minimum atomic E-state index is 0. The van der Waals surface area contributed by atoms with Gasteiger partial charge < -0.3 is 10.2 Å². The fourth-order valence-electron chi connectivity index (χ4n) is 4.93. The Morgan fingerprint density at radius 1 is 1.24 bits per heavy atom. The molecule has 2 saturated heterocycles. The number of hydrogen-bond acceptors (Lipinski definition) is 2. The maximum absolute atomic E-state index is 13.0. The molecule has 1 aromatic carbocycles. The number of nitrogens with one attached hydrogen (secondary N) is 1. The maximum Gasteiger partial charge on any atom is 0.227 e. The lowest BCUT2D eigenvalue weighted by atomic mass is 9.88. The van der Waals surface area contributed by atoms with E-state index >= 15 is 0 Å². The summed E-state index contributed by atoms with van der Waals surface area (Å²) in [5.74, 6) is 1.47. The van der Waals surface area contributed by atoms with Crippen LogP contribution >= 0.6 is 12.4 Å². The molecule has 3 aliphatic heterocycles. The first-order valence-electron chi connectivity index (χ1n) is 9.79. The van der Waals surface area contributed by atoms with Crippen molar-refractivity contribution in [1.29, 1.82) is 0 Å². The lowest BCUT2D eigenvalue weighted by molar-refractivity contribution is -0.119. The molecule has 2 bridgehead atoms. The van der Waals surface area contributed by atoms with E-state index in [9.17, 15) is 4.79 Å². The Kier molecular flexibility index (Phi) is 5.75. The molecule has 4 rings (SSSR count). The highest BCUT2D eigenvalue weighted by atomic mass is 35.5. The number of halogens is 1. The van der Waals surface area contributed by atoms with Crippen LogP contribution in [-0.2, 0) is 11.2 Å². The van der Waals surface area contributed by atoms with Crippen LogP contribution in [0.3, 0.4) is 0 Å². The summed E-state index contributed by atoms with van der Waals surface area (Å²) in [7, 11) is 0. The Hall–Kier alpha value is -1.06. The fraction of sp³-hybridized carbons (Fsp3) is 0.667. The highest BCUT2D eigenvalue weighted by molar-refractivity contribution is 5.94. The molecule has 3 nitrogen and oxygen atoms in total. The quantitative estimate of drug-likeness (QED) is 0.862. The van der Waals surface area contributed by atoms with E-state index in [1.54, 1.807) is 0 Å². The number of carbonyl (C=O) groups excluding carboxylic acids is 1. The summed E-state index contributed by atoms with van der Waals surface area (Å²) >= 11 is 0. The van der Waals surface area contributed by atoms with Gasteiger partial charge in [-0.1, -0.05) is 26.0 Å². The zero-order valence-electron chi connectivity index (χ0n) is 15.5. The molecule has 2 unspecified atom stereocenters. The molecule has 3 aliphatic rings. The molecule has 0 aliphatic carbocycles. The summed E-state index contributed by atoms with van der Waals surface area (Å²) in [6.07, 6.45) is 7.93. The monoisotopic (exact) mass is 362 g/mol. The third-order valence-electron chi connectivity index (χ3n) is 6.22. The predicted molar refractivity (Wildman–Crippen MR) is 106 cm³/mol. The molecule has 2 fully saturated rings. The summed E-state index contributed by atoms with van der Waals surface area (Å²) in [5.41, 5.74) is 3.93. The molecule has 4 heteroatoms. The average Bonchev–Trinajstić information content (AvgIpc) is 2.92. The average molecular weight is 363 g/mol. The van der Waals surface area contributed by atoms with E-state index in [-0.39, 0.29) is 12.4 Å². The van der Waals surface area contributed by atoms with Crippen LogP contribution in [0, 0.1) is 5.92 Å². The van der Waals surface area contributed by atoms with Gasteiger partial charge in [-0.3, -0.25) is 4.79 Å². The zero-order valence-corrected chi connectivity index (χ0v) is 16.3. The number of aryl methyl sites for hydroxylation is 1. The van der Waals surface area contributed by atoms with Crippen LogP contribution in [0.1, 0.15) is 69.4 Å². The molecule has 0 aromatic heterocycles. The molecule has 1 N–H and O–H groups in total. The number of benzene rings is 1. The molecule has 138 valence electrons. The smallest absolute Gasteiger partial charge is 0.227 e. The maximum atomic E-state index is 13.0. The summed E-state index contributed by atoms with van der Waals surface area (Å²) in [4.78, 5) is 15.1. The Morgan fingerprint density at radius 3 is 2.64 bits per heavy atom. The first kappa shape index (κ1) is 18.7. The number of rotatable bonds is 3. The van der Waals surface area contributed by atoms with Crippen LogP contribution < -0.4 is 10.2 Å². The largest absolute Gasteiger partial charge is 0.312 e. The van der Waals surface area contributed by atoms with Crippen molar-refractivity contribution < 1.29 is 4.79 Å². The van der Waals surface area contributed by atoms with Crippen molar-refractivity contribution in [2.45, 2.75) is 76.8 Å². The first-order valence-corrected chi connectivity index (χ1v) is 9.79. The third-order valence-corrected chi connectivity index (χ3v) is 6.22. The van der Waals surface area contributed by atoms with Crippen LogP contribution in [0.4, 0.5) is 5.69 Å². The van der Waals surface area contributed by atoms with Gasteiger partial charge in [0.05, 0.1) is 0 Å². The summed E-state index contributed by atoms with van der Waals surface area (Å²) in [6, 6.07) is 8.06. The molecule has 0 saturated carbocycles. The van der Waals surface area contributed by atoms with E-state index in [4.69, 9.17) is 0 Å². The van der Waals surface area contributed by atoms with Gasteiger partial charge >= 0.3 is 0 Å². The number of hydrogen-bond donors (Lipinski definition) is 1. The van der Waals surface area contributed by atoms with E-state index < -0.39 is 0 Å². The minimum absolute atomic E-state index is 0.